The van der Waals surface area contributed by atoms with Crippen molar-refractivity contribution in [1.29, 1.82) is 0 Å². The fourth-order valence-electron chi connectivity index (χ4n) is 5.05. The number of hydrogen-bond acceptors (Lipinski definition) is 4. The third kappa shape index (κ3) is 7.91. The van der Waals surface area contributed by atoms with E-state index in [4.69, 9.17) is 13.9 Å². The molecule has 3 rings (SSSR count). The average Bonchev–Trinajstić information content (AvgIpc) is 2.92. The molecule has 0 heterocycles. The van der Waals surface area contributed by atoms with Crippen molar-refractivity contribution >= 4 is 24.7 Å². The highest BCUT2D eigenvalue weighted by molar-refractivity contribution is 6.99. The van der Waals surface area contributed by atoms with Gasteiger partial charge in [0.2, 0.25) is 0 Å². The molecule has 0 aliphatic carbocycles. The monoisotopic (exact) mass is 546 g/mol. The van der Waals surface area contributed by atoms with Crippen molar-refractivity contribution < 1.29 is 23.8 Å². The molecule has 0 saturated carbocycles. The van der Waals surface area contributed by atoms with Gasteiger partial charge in [0.15, 0.2) is 6.10 Å². The van der Waals surface area contributed by atoms with Gasteiger partial charge >= 0.3 is 5.97 Å². The summed E-state index contributed by atoms with van der Waals surface area (Å²) in [7, 11) is -1.01. The Bertz CT molecular complexity index is 1160. The molecule has 6 heteroatoms. The van der Waals surface area contributed by atoms with Gasteiger partial charge in [-0.05, 0) is 45.9 Å². The van der Waals surface area contributed by atoms with Crippen LogP contribution in [0.1, 0.15) is 46.6 Å². The van der Waals surface area contributed by atoms with Gasteiger partial charge in [-0.3, -0.25) is 0 Å². The van der Waals surface area contributed by atoms with Crippen LogP contribution in [-0.2, 0) is 20.6 Å². The van der Waals surface area contributed by atoms with Gasteiger partial charge in [-0.25, -0.2) is 4.79 Å². The van der Waals surface area contributed by atoms with E-state index >= 15 is 0 Å². The third-order valence-corrected chi connectivity index (χ3v) is 11.9. The quantitative estimate of drug-likeness (QED) is 0.204. The molecule has 0 amide bonds. The summed E-state index contributed by atoms with van der Waals surface area (Å²) in [5.74, 6) is -0.114. The molecule has 0 spiro atoms. The van der Waals surface area contributed by atoms with Crippen molar-refractivity contribution in [2.75, 3.05) is 13.7 Å². The molecule has 3 aromatic rings. The third-order valence-electron chi connectivity index (χ3n) is 6.94. The maximum Gasteiger partial charge on any atom is 0.333 e. The fourth-order valence-corrected chi connectivity index (χ4v) is 9.72. The highest BCUT2D eigenvalue weighted by atomic mass is 28.4. The Labute approximate surface area is 234 Å². The molecule has 0 fully saturated rings. The maximum atomic E-state index is 11.9. The summed E-state index contributed by atoms with van der Waals surface area (Å²) in [6, 6.07) is 28.6. The highest BCUT2D eigenvalue weighted by Gasteiger charge is 2.50. The first kappa shape index (κ1) is 30.3. The van der Waals surface area contributed by atoms with E-state index < -0.39 is 20.4 Å². The molecule has 0 radical (unpaired) electrons. The zero-order valence-corrected chi connectivity index (χ0v) is 25.0. The highest BCUT2D eigenvalue weighted by Crippen LogP contribution is 2.37. The SMILES string of the molecule is COc1ccc(CO[C@H](C/C(C)=C/[C@@H](C)CO[Si](c2ccccc2)(c2ccccc2)C(C)(C)C)C(=O)O)cc1. The van der Waals surface area contributed by atoms with Crippen LogP contribution in [0.4, 0.5) is 0 Å². The summed E-state index contributed by atoms with van der Waals surface area (Å²) >= 11 is 0. The van der Waals surface area contributed by atoms with Gasteiger partial charge < -0.3 is 19.0 Å². The normalized spacial score (nSPS) is 14.1. The summed E-state index contributed by atoms with van der Waals surface area (Å²) in [5.41, 5.74) is 1.87. The van der Waals surface area contributed by atoms with Crippen LogP contribution in [-0.4, -0.2) is 39.2 Å². The summed E-state index contributed by atoms with van der Waals surface area (Å²) in [5, 5.41) is 12.2. The second-order valence-electron chi connectivity index (χ2n) is 11.2. The van der Waals surface area contributed by atoms with Gasteiger partial charge in [0, 0.05) is 13.0 Å². The van der Waals surface area contributed by atoms with Gasteiger partial charge in [-0.15, -0.1) is 0 Å². The summed E-state index contributed by atoms with van der Waals surface area (Å²) in [6.45, 7) is 11.6. The first-order chi connectivity index (χ1) is 18.6. The molecule has 1 N–H and O–H groups in total. The number of benzene rings is 3. The zero-order valence-electron chi connectivity index (χ0n) is 24.0. The molecule has 0 unspecified atom stereocenters. The number of aliphatic carboxylic acids is 1. The topological polar surface area (TPSA) is 65.0 Å². The van der Waals surface area contributed by atoms with E-state index in [9.17, 15) is 9.90 Å². The molecule has 0 bridgehead atoms. The van der Waals surface area contributed by atoms with E-state index in [1.54, 1.807) is 7.11 Å². The molecule has 0 saturated heterocycles. The molecular weight excluding hydrogens is 504 g/mol. The van der Waals surface area contributed by atoms with E-state index in [1.807, 2.05) is 43.3 Å². The van der Waals surface area contributed by atoms with Crippen LogP contribution in [0.3, 0.4) is 0 Å². The number of hydrogen-bond donors (Lipinski definition) is 1. The number of rotatable bonds is 13. The van der Waals surface area contributed by atoms with Crippen LogP contribution >= 0.6 is 0 Å². The number of carbonyl (C=O) groups is 1. The van der Waals surface area contributed by atoms with Crippen LogP contribution < -0.4 is 15.1 Å². The summed E-state index contributed by atoms with van der Waals surface area (Å²) in [4.78, 5) is 11.9. The van der Waals surface area contributed by atoms with Crippen LogP contribution in [0.5, 0.6) is 5.75 Å². The predicted octanol–water partition coefficient (Wildman–Crippen LogP) is 6.21. The second kappa shape index (κ2) is 13.7. The van der Waals surface area contributed by atoms with E-state index in [-0.39, 0.29) is 17.6 Å². The van der Waals surface area contributed by atoms with Gasteiger partial charge in [0.05, 0.1) is 13.7 Å². The smallest absolute Gasteiger partial charge is 0.333 e. The van der Waals surface area contributed by atoms with Crippen molar-refractivity contribution in [3.8, 4) is 5.75 Å². The standard InChI is InChI=1S/C33H42O5Si/c1-25(22-31(32(34)35)37-24-27-17-19-28(36-6)20-18-27)21-26(2)23-38-39(33(3,4)5,29-13-9-7-10-14-29)30-15-11-8-12-16-30/h7-21,26,31H,22-24H2,1-6H3,(H,34,35)/b25-21+/t26-,31-/m1/s1. The Morgan fingerprint density at radius 3 is 1.92 bits per heavy atom. The molecule has 0 aliphatic heterocycles. The Morgan fingerprint density at radius 2 is 1.46 bits per heavy atom. The lowest BCUT2D eigenvalue weighted by molar-refractivity contribution is -0.151. The van der Waals surface area contributed by atoms with Crippen LogP contribution in [0, 0.1) is 5.92 Å². The molecule has 0 aliphatic rings. The van der Waals surface area contributed by atoms with Crippen molar-refractivity contribution in [2.45, 2.75) is 58.8 Å². The Balaban J connectivity index is 1.74. The summed E-state index contributed by atoms with van der Waals surface area (Å²) in [6.07, 6.45) is 1.51. The van der Waals surface area contributed by atoms with Gasteiger partial charge in [-0.2, -0.15) is 0 Å². The first-order valence-electron chi connectivity index (χ1n) is 13.5. The number of carboxylic acid groups (broad SMARTS) is 1. The second-order valence-corrected chi connectivity index (χ2v) is 15.5. The van der Waals surface area contributed by atoms with E-state index in [2.05, 4.69) is 82.3 Å². The van der Waals surface area contributed by atoms with Crippen LogP contribution in [0.2, 0.25) is 5.04 Å². The molecule has 0 aromatic heterocycles. The zero-order chi connectivity index (χ0) is 28.5. The van der Waals surface area contributed by atoms with Crippen molar-refractivity contribution in [2.24, 2.45) is 5.92 Å². The Kier molecular flexibility index (Phi) is 10.7. The molecule has 39 heavy (non-hydrogen) atoms. The van der Waals surface area contributed by atoms with E-state index in [0.717, 1.165) is 16.9 Å². The van der Waals surface area contributed by atoms with Gasteiger partial charge in [-0.1, -0.05) is 112 Å². The largest absolute Gasteiger partial charge is 0.497 e. The molecule has 3 aromatic carbocycles. The Hall–Kier alpha value is -3.19. The van der Waals surface area contributed by atoms with Crippen LogP contribution in [0.25, 0.3) is 0 Å². The number of carboxylic acids is 1. The number of ether oxygens (including phenoxy) is 2. The maximum absolute atomic E-state index is 11.9. The van der Waals surface area contributed by atoms with Crippen LogP contribution in [0.15, 0.2) is 96.6 Å². The van der Waals surface area contributed by atoms with Crippen molar-refractivity contribution in [3.05, 3.63) is 102 Å². The predicted molar refractivity (Wildman–Crippen MR) is 160 cm³/mol. The minimum atomic E-state index is -2.63. The fraction of sp³-hybridized carbons (Fsp3) is 0.364. The first-order valence-corrected chi connectivity index (χ1v) is 15.4. The van der Waals surface area contributed by atoms with Crippen molar-refractivity contribution in [3.63, 3.8) is 0 Å². The lowest BCUT2D eigenvalue weighted by Crippen LogP contribution is -2.66. The lowest BCUT2D eigenvalue weighted by Gasteiger charge is -2.43. The molecule has 2 atom stereocenters. The average molecular weight is 547 g/mol. The van der Waals surface area contributed by atoms with Gasteiger partial charge in [0.25, 0.3) is 8.32 Å². The van der Waals surface area contributed by atoms with Crippen molar-refractivity contribution in [1.82, 2.24) is 0 Å². The lowest BCUT2D eigenvalue weighted by atomic mass is 10.0. The van der Waals surface area contributed by atoms with Gasteiger partial charge in [0.1, 0.15) is 5.75 Å². The minimum Gasteiger partial charge on any atom is -0.497 e. The Morgan fingerprint density at radius 1 is 0.923 bits per heavy atom. The van der Waals surface area contributed by atoms with E-state index in [1.165, 1.54) is 10.4 Å². The number of methoxy groups -OCH3 is 1. The molecule has 5 nitrogen and oxygen atoms in total. The minimum absolute atomic E-state index is 0.0993. The molecular formula is C33H42O5Si. The molecule has 208 valence electrons. The summed E-state index contributed by atoms with van der Waals surface area (Å²) < 4.78 is 18.0. The van der Waals surface area contributed by atoms with E-state index in [0.29, 0.717) is 13.0 Å².